The molecule has 0 aliphatic carbocycles. The van der Waals surface area contributed by atoms with Crippen LogP contribution >= 0.6 is 7.75 Å². The minimum Gasteiger partial charge on any atom is -0.405 e. The molecule has 0 fully saturated rings. The highest BCUT2D eigenvalue weighted by Gasteiger charge is 2.39. The lowest BCUT2D eigenvalue weighted by molar-refractivity contribution is 0.373. The van der Waals surface area contributed by atoms with Gasteiger partial charge in [-0.05, 0) is 24.6 Å². The fraction of sp³-hybridized carbons (Fsp3) is 0.294. The summed E-state index contributed by atoms with van der Waals surface area (Å²) in [4.78, 5) is 0. The Bertz CT molecular complexity index is 728. The number of hydrogen-bond donors (Lipinski definition) is 1. The average Bonchev–Trinajstić information content (AvgIpc) is 2.58. The molecule has 0 saturated heterocycles. The van der Waals surface area contributed by atoms with Crippen molar-refractivity contribution >= 4 is 7.75 Å². The molecule has 2 aromatic carbocycles. The summed E-state index contributed by atoms with van der Waals surface area (Å²) in [7, 11) is -3.47. The summed E-state index contributed by atoms with van der Waals surface area (Å²) in [6.07, 6.45) is 0. The van der Waals surface area contributed by atoms with Crippen molar-refractivity contribution in [2.75, 3.05) is 6.54 Å². The molecule has 0 saturated carbocycles. The second kappa shape index (κ2) is 5.45. The summed E-state index contributed by atoms with van der Waals surface area (Å²) in [5, 5.41) is 2.98. The van der Waals surface area contributed by atoms with E-state index in [1.165, 1.54) is 0 Å². The lowest BCUT2D eigenvalue weighted by Crippen LogP contribution is -2.30. The van der Waals surface area contributed by atoms with Gasteiger partial charge < -0.3 is 9.05 Å². The number of hydrogen-bond acceptors (Lipinski definition) is 3. The van der Waals surface area contributed by atoms with Gasteiger partial charge >= 0.3 is 7.75 Å². The standard InChI is InChI=1S/C17H20NO3P/c1-13-8-7-11-15-16(13)21-22(19,18-12-17(15,2)3)20-14-9-5-4-6-10-14/h4-11H,12H2,1-3H3,(H,18,19). The third kappa shape index (κ3) is 2.90. The molecule has 1 atom stereocenters. The molecule has 0 aromatic heterocycles. The van der Waals surface area contributed by atoms with Gasteiger partial charge in [0, 0.05) is 17.5 Å². The lowest BCUT2D eigenvalue weighted by atomic mass is 9.83. The van der Waals surface area contributed by atoms with Gasteiger partial charge in [0.25, 0.3) is 0 Å². The first-order valence-electron chi connectivity index (χ1n) is 7.29. The van der Waals surface area contributed by atoms with Crippen LogP contribution in [0, 0.1) is 6.92 Å². The minimum atomic E-state index is -3.47. The molecule has 1 aliphatic heterocycles. The van der Waals surface area contributed by atoms with Crippen LogP contribution in [0.5, 0.6) is 11.5 Å². The van der Waals surface area contributed by atoms with Gasteiger partial charge in [-0.1, -0.05) is 50.2 Å². The van der Waals surface area contributed by atoms with Gasteiger partial charge in [0.2, 0.25) is 0 Å². The van der Waals surface area contributed by atoms with Crippen molar-refractivity contribution in [3.63, 3.8) is 0 Å². The SMILES string of the molecule is Cc1cccc2c1OP(=O)(Oc1ccccc1)NCC2(C)C. The van der Waals surface area contributed by atoms with E-state index in [9.17, 15) is 4.57 Å². The lowest BCUT2D eigenvalue weighted by Gasteiger charge is -2.23. The van der Waals surface area contributed by atoms with Crippen LogP contribution in [0.1, 0.15) is 25.0 Å². The number of rotatable bonds is 2. The largest absolute Gasteiger partial charge is 0.512 e. The van der Waals surface area contributed by atoms with Crippen LogP contribution in [0.3, 0.4) is 0 Å². The van der Waals surface area contributed by atoms with Crippen LogP contribution in [0.4, 0.5) is 0 Å². The predicted molar refractivity (Wildman–Crippen MR) is 87.5 cm³/mol. The Kier molecular flexibility index (Phi) is 3.75. The monoisotopic (exact) mass is 317 g/mol. The number of benzene rings is 2. The second-order valence-electron chi connectivity index (χ2n) is 6.16. The van der Waals surface area contributed by atoms with Crippen molar-refractivity contribution < 1.29 is 13.6 Å². The van der Waals surface area contributed by atoms with Crippen LogP contribution in [0.25, 0.3) is 0 Å². The Hall–Kier alpha value is -1.77. The van der Waals surface area contributed by atoms with E-state index >= 15 is 0 Å². The molecule has 22 heavy (non-hydrogen) atoms. The molecule has 0 bridgehead atoms. The molecule has 116 valence electrons. The van der Waals surface area contributed by atoms with Gasteiger partial charge in [0.15, 0.2) is 0 Å². The second-order valence-corrected chi connectivity index (χ2v) is 7.84. The number of aryl methyl sites for hydroxylation is 1. The normalized spacial score (nSPS) is 23.0. The Balaban J connectivity index is 2.00. The highest BCUT2D eigenvalue weighted by atomic mass is 31.2. The molecule has 5 heteroatoms. The quantitative estimate of drug-likeness (QED) is 0.832. The van der Waals surface area contributed by atoms with Crippen molar-refractivity contribution in [1.82, 2.24) is 5.09 Å². The van der Waals surface area contributed by atoms with Crippen LogP contribution < -0.4 is 14.1 Å². The maximum Gasteiger partial charge on any atom is 0.512 e. The Morgan fingerprint density at radius 2 is 1.86 bits per heavy atom. The van der Waals surface area contributed by atoms with Crippen LogP contribution in [-0.4, -0.2) is 6.54 Å². The molecule has 2 aromatic rings. The molecule has 1 aliphatic rings. The van der Waals surface area contributed by atoms with Gasteiger partial charge in [-0.3, -0.25) is 0 Å². The van der Waals surface area contributed by atoms with Crippen molar-refractivity contribution in [2.45, 2.75) is 26.2 Å². The van der Waals surface area contributed by atoms with E-state index < -0.39 is 7.75 Å². The first-order valence-corrected chi connectivity index (χ1v) is 8.83. The van der Waals surface area contributed by atoms with E-state index in [2.05, 4.69) is 18.9 Å². The van der Waals surface area contributed by atoms with Gasteiger partial charge in [0.1, 0.15) is 11.5 Å². The highest BCUT2D eigenvalue weighted by Crippen LogP contribution is 2.51. The molecule has 1 unspecified atom stereocenters. The van der Waals surface area contributed by atoms with E-state index in [1.54, 1.807) is 12.1 Å². The zero-order chi connectivity index (χ0) is 15.8. The smallest absolute Gasteiger partial charge is 0.405 e. The molecular formula is C17H20NO3P. The summed E-state index contributed by atoms with van der Waals surface area (Å²) >= 11 is 0. The van der Waals surface area contributed by atoms with Crippen LogP contribution in [-0.2, 0) is 9.98 Å². The van der Waals surface area contributed by atoms with Gasteiger partial charge in [0.05, 0.1) is 0 Å². The van der Waals surface area contributed by atoms with E-state index in [0.717, 1.165) is 11.1 Å². The molecular weight excluding hydrogens is 297 g/mol. The van der Waals surface area contributed by atoms with Crippen molar-refractivity contribution in [3.05, 3.63) is 59.7 Å². The Morgan fingerprint density at radius 3 is 2.59 bits per heavy atom. The molecule has 0 spiro atoms. The van der Waals surface area contributed by atoms with E-state index in [0.29, 0.717) is 18.0 Å². The molecule has 4 nitrogen and oxygen atoms in total. The minimum absolute atomic E-state index is 0.201. The van der Waals surface area contributed by atoms with Crippen molar-refractivity contribution in [3.8, 4) is 11.5 Å². The summed E-state index contributed by atoms with van der Waals surface area (Å²) in [6.45, 7) is 6.65. The maximum atomic E-state index is 13.1. The van der Waals surface area contributed by atoms with Crippen molar-refractivity contribution in [2.24, 2.45) is 0 Å². The summed E-state index contributed by atoms with van der Waals surface area (Å²) < 4.78 is 24.6. The number of para-hydroxylation sites is 2. The van der Waals surface area contributed by atoms with Crippen LogP contribution in [0.2, 0.25) is 0 Å². The Morgan fingerprint density at radius 1 is 1.14 bits per heavy atom. The molecule has 3 rings (SSSR count). The highest BCUT2D eigenvalue weighted by molar-refractivity contribution is 7.52. The van der Waals surface area contributed by atoms with Gasteiger partial charge in [-0.15, -0.1) is 0 Å². The number of nitrogens with one attached hydrogen (secondary N) is 1. The fourth-order valence-electron chi connectivity index (χ4n) is 2.52. The molecule has 0 amide bonds. The molecule has 1 N–H and O–H groups in total. The van der Waals surface area contributed by atoms with E-state index in [1.807, 2.05) is 43.3 Å². The zero-order valence-electron chi connectivity index (χ0n) is 13.0. The summed E-state index contributed by atoms with van der Waals surface area (Å²) in [5.41, 5.74) is 1.79. The third-order valence-electron chi connectivity index (χ3n) is 3.84. The third-order valence-corrected chi connectivity index (χ3v) is 5.26. The Labute approximate surface area is 131 Å². The first-order chi connectivity index (χ1) is 10.4. The number of fused-ring (bicyclic) bond motifs is 1. The predicted octanol–water partition coefficient (Wildman–Crippen LogP) is 4.44. The van der Waals surface area contributed by atoms with E-state index in [-0.39, 0.29) is 5.41 Å². The van der Waals surface area contributed by atoms with E-state index in [4.69, 9.17) is 9.05 Å². The average molecular weight is 317 g/mol. The summed E-state index contributed by atoms with van der Waals surface area (Å²) in [6, 6.07) is 15.0. The van der Waals surface area contributed by atoms with Crippen LogP contribution in [0.15, 0.2) is 48.5 Å². The maximum absolute atomic E-state index is 13.1. The van der Waals surface area contributed by atoms with Crippen molar-refractivity contribution in [1.29, 1.82) is 0 Å². The fourth-order valence-corrected chi connectivity index (χ4v) is 4.16. The van der Waals surface area contributed by atoms with Gasteiger partial charge in [-0.25, -0.2) is 9.65 Å². The molecule has 1 heterocycles. The molecule has 0 radical (unpaired) electrons. The summed E-state index contributed by atoms with van der Waals surface area (Å²) in [5.74, 6) is 1.17. The topological polar surface area (TPSA) is 47.6 Å². The first kappa shape index (κ1) is 15.1. The zero-order valence-corrected chi connectivity index (χ0v) is 13.9. The van der Waals surface area contributed by atoms with Gasteiger partial charge in [-0.2, -0.15) is 0 Å².